The van der Waals surface area contributed by atoms with E-state index in [1.165, 1.54) is 11.1 Å². The molecule has 0 saturated heterocycles. The van der Waals surface area contributed by atoms with Gasteiger partial charge in [-0.3, -0.25) is 4.79 Å². The second kappa shape index (κ2) is 10.3. The van der Waals surface area contributed by atoms with Gasteiger partial charge in [0.05, 0.1) is 6.61 Å². The van der Waals surface area contributed by atoms with Gasteiger partial charge >= 0.3 is 0 Å². The van der Waals surface area contributed by atoms with E-state index in [1.54, 1.807) is 0 Å². The van der Waals surface area contributed by atoms with Crippen molar-refractivity contribution in [3.63, 3.8) is 0 Å². The van der Waals surface area contributed by atoms with Crippen molar-refractivity contribution in [2.75, 3.05) is 26.2 Å². The van der Waals surface area contributed by atoms with Crippen LogP contribution in [0.4, 0.5) is 0 Å². The quantitative estimate of drug-likeness (QED) is 0.484. The first-order valence-corrected chi connectivity index (χ1v) is 9.82. The maximum absolute atomic E-state index is 12.0. The van der Waals surface area contributed by atoms with Crippen LogP contribution in [0.15, 0.2) is 53.5 Å². The summed E-state index contributed by atoms with van der Waals surface area (Å²) in [6.07, 6.45) is 1.87. The number of hydrogen-bond donors (Lipinski definition) is 3. The van der Waals surface area contributed by atoms with Crippen LogP contribution in [0, 0.1) is 0 Å². The lowest BCUT2D eigenvalue weighted by molar-refractivity contribution is -0.119. The molecule has 3 N–H and O–H groups in total. The van der Waals surface area contributed by atoms with Crippen LogP contribution in [0.5, 0.6) is 5.75 Å². The van der Waals surface area contributed by atoms with Gasteiger partial charge in [-0.1, -0.05) is 42.5 Å². The Morgan fingerprint density at radius 3 is 2.75 bits per heavy atom. The molecule has 0 spiro atoms. The monoisotopic (exact) mass is 380 g/mol. The maximum atomic E-state index is 12.0. The molecule has 0 aliphatic carbocycles. The molecular weight excluding hydrogens is 352 g/mol. The molecule has 0 atom stereocenters. The number of benzene rings is 2. The van der Waals surface area contributed by atoms with Gasteiger partial charge in [-0.2, -0.15) is 0 Å². The van der Waals surface area contributed by atoms with E-state index in [0.29, 0.717) is 12.5 Å². The Bertz CT molecular complexity index is 805. The molecule has 0 unspecified atom stereocenters. The fourth-order valence-electron chi connectivity index (χ4n) is 3.07. The van der Waals surface area contributed by atoms with Crippen LogP contribution in [0.25, 0.3) is 0 Å². The van der Waals surface area contributed by atoms with Gasteiger partial charge in [0, 0.05) is 26.1 Å². The first kappa shape index (κ1) is 19.7. The minimum Gasteiger partial charge on any atom is -0.493 e. The molecule has 2 aromatic carbocycles. The first-order chi connectivity index (χ1) is 13.7. The summed E-state index contributed by atoms with van der Waals surface area (Å²) in [6.45, 7) is 4.89. The molecule has 28 heavy (non-hydrogen) atoms. The van der Waals surface area contributed by atoms with Crippen molar-refractivity contribution in [1.29, 1.82) is 0 Å². The molecule has 3 rings (SSSR count). The summed E-state index contributed by atoms with van der Waals surface area (Å²) in [6, 6.07) is 16.2. The smallest absolute Gasteiger partial charge is 0.242 e. The van der Waals surface area contributed by atoms with Gasteiger partial charge in [0.15, 0.2) is 5.96 Å². The van der Waals surface area contributed by atoms with Crippen LogP contribution in [-0.4, -0.2) is 38.1 Å². The van der Waals surface area contributed by atoms with Crippen LogP contribution < -0.4 is 20.7 Å². The number of carbonyl (C=O) groups is 1. The van der Waals surface area contributed by atoms with Crippen molar-refractivity contribution >= 4 is 11.9 Å². The van der Waals surface area contributed by atoms with Crippen molar-refractivity contribution in [1.82, 2.24) is 16.0 Å². The lowest BCUT2D eigenvalue weighted by Gasteiger charge is -2.12. The van der Waals surface area contributed by atoms with Crippen molar-refractivity contribution in [2.45, 2.75) is 26.3 Å². The van der Waals surface area contributed by atoms with Crippen LogP contribution >= 0.6 is 0 Å². The highest BCUT2D eigenvalue weighted by Crippen LogP contribution is 2.25. The summed E-state index contributed by atoms with van der Waals surface area (Å²) in [7, 11) is 0. The van der Waals surface area contributed by atoms with Gasteiger partial charge in [0.25, 0.3) is 0 Å². The molecule has 0 bridgehead atoms. The number of ether oxygens (including phenoxy) is 1. The molecule has 1 amide bonds. The molecule has 1 heterocycles. The molecule has 6 nitrogen and oxygen atoms in total. The second-order valence-corrected chi connectivity index (χ2v) is 6.67. The van der Waals surface area contributed by atoms with Gasteiger partial charge in [-0.15, -0.1) is 0 Å². The van der Waals surface area contributed by atoms with E-state index in [1.807, 2.05) is 43.3 Å². The average Bonchev–Trinajstić information content (AvgIpc) is 3.19. The number of rotatable bonds is 8. The second-order valence-electron chi connectivity index (χ2n) is 6.67. The predicted molar refractivity (Wildman–Crippen MR) is 112 cm³/mol. The van der Waals surface area contributed by atoms with E-state index in [4.69, 9.17) is 4.74 Å². The highest BCUT2D eigenvalue weighted by molar-refractivity contribution is 5.84. The summed E-state index contributed by atoms with van der Waals surface area (Å²) in [4.78, 5) is 16.4. The molecule has 2 aromatic rings. The SMILES string of the molecule is CCNC(=NCC(=O)NCc1ccccc1)NCCc1ccc2c(c1)CCO2. The van der Waals surface area contributed by atoms with Crippen LogP contribution in [-0.2, 0) is 24.2 Å². The molecule has 1 aliphatic rings. The minimum atomic E-state index is -0.0975. The number of guanidine groups is 1. The Hall–Kier alpha value is -3.02. The fourth-order valence-corrected chi connectivity index (χ4v) is 3.07. The summed E-state index contributed by atoms with van der Waals surface area (Å²) < 4.78 is 5.55. The lowest BCUT2D eigenvalue weighted by Crippen LogP contribution is -2.39. The Balaban J connectivity index is 1.43. The minimum absolute atomic E-state index is 0.0956. The number of aliphatic imine (C=N–C) groups is 1. The Labute approximate surface area is 166 Å². The lowest BCUT2D eigenvalue weighted by atomic mass is 10.1. The Morgan fingerprint density at radius 2 is 1.93 bits per heavy atom. The normalized spacial score (nSPS) is 12.8. The highest BCUT2D eigenvalue weighted by atomic mass is 16.5. The fraction of sp³-hybridized carbons (Fsp3) is 0.364. The van der Waals surface area contributed by atoms with Crippen LogP contribution in [0.1, 0.15) is 23.6 Å². The maximum Gasteiger partial charge on any atom is 0.242 e. The van der Waals surface area contributed by atoms with Gasteiger partial charge in [0.1, 0.15) is 12.3 Å². The van der Waals surface area contributed by atoms with E-state index in [9.17, 15) is 4.79 Å². The molecule has 148 valence electrons. The zero-order valence-electron chi connectivity index (χ0n) is 16.3. The summed E-state index contributed by atoms with van der Waals surface area (Å²) >= 11 is 0. The number of amides is 1. The first-order valence-electron chi connectivity index (χ1n) is 9.82. The van der Waals surface area contributed by atoms with Crippen LogP contribution in [0.2, 0.25) is 0 Å². The predicted octanol–water partition coefficient (Wildman–Crippen LogP) is 2.04. The third-order valence-corrected chi connectivity index (χ3v) is 4.52. The average molecular weight is 380 g/mol. The topological polar surface area (TPSA) is 74.8 Å². The molecule has 0 aromatic heterocycles. The number of nitrogens with zero attached hydrogens (tertiary/aromatic N) is 1. The molecular formula is C22H28N4O2. The summed E-state index contributed by atoms with van der Waals surface area (Å²) in [5.41, 5.74) is 3.63. The van der Waals surface area contributed by atoms with Gasteiger partial charge in [0.2, 0.25) is 5.91 Å². The highest BCUT2D eigenvalue weighted by Gasteiger charge is 2.11. The molecule has 6 heteroatoms. The molecule has 0 fully saturated rings. The number of hydrogen-bond acceptors (Lipinski definition) is 3. The number of nitrogens with one attached hydrogen (secondary N) is 3. The zero-order chi connectivity index (χ0) is 19.6. The zero-order valence-corrected chi connectivity index (χ0v) is 16.3. The summed E-state index contributed by atoms with van der Waals surface area (Å²) in [5, 5.41) is 9.36. The van der Waals surface area contributed by atoms with E-state index in [-0.39, 0.29) is 12.5 Å². The van der Waals surface area contributed by atoms with Gasteiger partial charge < -0.3 is 20.7 Å². The Kier molecular flexibility index (Phi) is 7.29. The van der Waals surface area contributed by atoms with Crippen molar-refractivity contribution in [3.8, 4) is 5.75 Å². The van der Waals surface area contributed by atoms with Gasteiger partial charge in [-0.25, -0.2) is 4.99 Å². The number of carbonyl (C=O) groups excluding carboxylic acids is 1. The van der Waals surface area contributed by atoms with Crippen molar-refractivity contribution < 1.29 is 9.53 Å². The van der Waals surface area contributed by atoms with E-state index < -0.39 is 0 Å². The largest absolute Gasteiger partial charge is 0.493 e. The van der Waals surface area contributed by atoms with Gasteiger partial charge in [-0.05, 0) is 36.1 Å². The molecule has 1 aliphatic heterocycles. The summed E-state index contributed by atoms with van der Waals surface area (Å²) in [5.74, 6) is 1.56. The van der Waals surface area contributed by atoms with Crippen molar-refractivity contribution in [3.05, 3.63) is 65.2 Å². The van der Waals surface area contributed by atoms with Crippen LogP contribution in [0.3, 0.4) is 0 Å². The standard InChI is InChI=1S/C22H28N4O2/c1-2-23-22(26-16-21(27)25-15-18-6-4-3-5-7-18)24-12-10-17-8-9-20-19(14-17)11-13-28-20/h3-9,14H,2,10-13,15-16H2,1H3,(H,25,27)(H2,23,24,26). The third kappa shape index (κ3) is 6.01. The Morgan fingerprint density at radius 1 is 1.07 bits per heavy atom. The third-order valence-electron chi connectivity index (χ3n) is 4.52. The molecule has 0 radical (unpaired) electrons. The van der Waals surface area contributed by atoms with E-state index >= 15 is 0 Å². The van der Waals surface area contributed by atoms with E-state index in [2.05, 4.69) is 33.1 Å². The van der Waals surface area contributed by atoms with Crippen molar-refractivity contribution in [2.24, 2.45) is 4.99 Å². The number of fused-ring (bicyclic) bond motifs is 1. The molecule has 0 saturated carbocycles. The van der Waals surface area contributed by atoms with E-state index in [0.717, 1.165) is 43.9 Å².